The summed E-state index contributed by atoms with van der Waals surface area (Å²) >= 11 is 0. The maximum absolute atomic E-state index is 2.57. The summed E-state index contributed by atoms with van der Waals surface area (Å²) in [4.78, 5) is 0. The highest BCUT2D eigenvalue weighted by Crippen LogP contribution is 2.58. The maximum Gasteiger partial charge on any atom is -0.000696 e. The van der Waals surface area contributed by atoms with E-state index in [1.165, 1.54) is 174 Å². The molecule has 0 amide bonds. The molecule has 0 aliphatic carbocycles. The van der Waals surface area contributed by atoms with Crippen molar-refractivity contribution >= 4 is 108 Å². The minimum absolute atomic E-state index is 1.21. The van der Waals surface area contributed by atoms with Crippen molar-refractivity contribution in [2.75, 3.05) is 0 Å². The van der Waals surface area contributed by atoms with Gasteiger partial charge in [0.1, 0.15) is 0 Å². The van der Waals surface area contributed by atoms with Crippen LogP contribution in [0.4, 0.5) is 0 Å². The Balaban J connectivity index is 1.13. The fourth-order valence-electron chi connectivity index (χ4n) is 14.1. The topological polar surface area (TPSA) is 0 Å². The van der Waals surface area contributed by atoms with Crippen molar-refractivity contribution in [3.63, 3.8) is 0 Å². The summed E-state index contributed by atoms with van der Waals surface area (Å²) in [5.74, 6) is 0. The maximum atomic E-state index is 2.57. The second-order valence-corrected chi connectivity index (χ2v) is 20.8. The van der Waals surface area contributed by atoms with Gasteiger partial charge in [0.2, 0.25) is 0 Å². The zero-order valence-electron chi connectivity index (χ0n) is 41.4. The van der Waals surface area contributed by atoms with E-state index in [1.54, 1.807) is 0 Å². The van der Waals surface area contributed by atoms with Gasteiger partial charge in [-0.2, -0.15) is 0 Å². The van der Waals surface area contributed by atoms with E-state index < -0.39 is 0 Å². The molecule has 0 spiro atoms. The molecule has 0 atom stereocenters. The van der Waals surface area contributed by atoms with Crippen molar-refractivity contribution in [1.29, 1.82) is 0 Å². The molecule has 0 heterocycles. The Hall–Kier alpha value is -9.88. The minimum atomic E-state index is 1.21. The van der Waals surface area contributed by atoms with Gasteiger partial charge in [-0.25, -0.2) is 0 Å². The molecule has 0 saturated carbocycles. The first-order chi connectivity index (χ1) is 37.8. The second kappa shape index (κ2) is 15.8. The summed E-state index contributed by atoms with van der Waals surface area (Å²) in [5, 5.41) is 26.1. The Morgan fingerprint density at radius 1 is 0.132 bits per heavy atom. The third-order valence-electron chi connectivity index (χ3n) is 17.1. The first-order valence-electron chi connectivity index (χ1n) is 26.6. The highest BCUT2D eigenvalue weighted by Gasteiger charge is 2.29. The molecule has 0 N–H and O–H groups in total. The van der Waals surface area contributed by atoms with Crippen LogP contribution in [-0.4, -0.2) is 0 Å². The molecule has 0 nitrogen and oxygen atoms in total. The van der Waals surface area contributed by atoms with Crippen LogP contribution in [0.1, 0.15) is 0 Å². The lowest BCUT2D eigenvalue weighted by molar-refractivity contribution is 1.60. The monoisotopic (exact) mass is 956 g/mol. The first kappa shape index (κ1) is 41.6. The summed E-state index contributed by atoms with van der Waals surface area (Å²) in [6, 6.07) is 100. The highest BCUT2D eigenvalue weighted by molar-refractivity contribution is 6.52. The third-order valence-corrected chi connectivity index (χ3v) is 17.1. The molecule has 17 aromatic rings. The van der Waals surface area contributed by atoms with Gasteiger partial charge < -0.3 is 0 Å². The second-order valence-electron chi connectivity index (χ2n) is 20.8. The molecule has 0 fully saturated rings. The van der Waals surface area contributed by atoms with E-state index in [0.717, 1.165) is 0 Å². The average molecular weight is 957 g/mol. The van der Waals surface area contributed by atoms with E-state index in [9.17, 15) is 0 Å². The average Bonchev–Trinajstić information content (AvgIpc) is 4.09. The van der Waals surface area contributed by atoms with Gasteiger partial charge in [-0.05, 0) is 181 Å². The Morgan fingerprint density at radius 2 is 0.474 bits per heavy atom. The molecule has 0 saturated heterocycles. The lowest BCUT2D eigenvalue weighted by atomic mass is 9.80. The molecule has 0 bridgehead atoms. The van der Waals surface area contributed by atoms with Crippen LogP contribution in [0.2, 0.25) is 0 Å². The molecule has 17 aromatic carbocycles. The van der Waals surface area contributed by atoms with E-state index in [-0.39, 0.29) is 0 Å². The molecular weight excluding hydrogens is 913 g/mol. The summed E-state index contributed by atoms with van der Waals surface area (Å²) in [5.41, 5.74) is 14.9. The van der Waals surface area contributed by atoms with Gasteiger partial charge >= 0.3 is 0 Å². The predicted molar refractivity (Wildman–Crippen MR) is 328 cm³/mol. The van der Waals surface area contributed by atoms with Crippen LogP contribution in [0.15, 0.2) is 267 Å². The van der Waals surface area contributed by atoms with Crippen molar-refractivity contribution in [3.8, 4) is 66.8 Å². The number of fused-ring (bicyclic) bond motifs is 10. The molecule has 0 aliphatic heterocycles. The fraction of sp³-hybridized carbons (Fsp3) is 0. The lowest BCUT2D eigenvalue weighted by Crippen LogP contribution is -1.94. The molecule has 348 valence electrons. The van der Waals surface area contributed by atoms with Gasteiger partial charge in [-0.15, -0.1) is 0 Å². The van der Waals surface area contributed by atoms with E-state index in [0.29, 0.717) is 0 Å². The Kier molecular flexibility index (Phi) is 8.65. The number of benzene rings is 15. The molecule has 0 heteroatoms. The zero-order chi connectivity index (χ0) is 49.6. The molecule has 76 heavy (non-hydrogen) atoms. The van der Waals surface area contributed by atoms with Crippen molar-refractivity contribution in [2.45, 2.75) is 0 Å². The van der Waals surface area contributed by atoms with Crippen LogP contribution in [0.25, 0.3) is 174 Å². The SMILES string of the molecule is c1ccc(-c2ccccc2-c2ccc3c4c2cc2c5ccc(-c6ccccc6)c6cccc(c65)c2c4c2cccc4c(-c5ccccc5-c5ccccc5)c5c6ccc(-c7ccccc7)c7cccc(c76)c5c3c42)cc1. The normalized spacial score (nSPS) is 12.2. The molecule has 0 unspecified atom stereocenters. The third kappa shape index (κ3) is 5.62. The van der Waals surface area contributed by atoms with Crippen LogP contribution in [-0.2, 0) is 0 Å². The Bertz CT molecular complexity index is 5140. The van der Waals surface area contributed by atoms with Crippen molar-refractivity contribution < 1.29 is 0 Å². The van der Waals surface area contributed by atoms with Crippen molar-refractivity contribution in [2.24, 2.45) is 0 Å². The van der Waals surface area contributed by atoms with Gasteiger partial charge in [0, 0.05) is 0 Å². The van der Waals surface area contributed by atoms with Crippen molar-refractivity contribution in [3.05, 3.63) is 267 Å². The first-order valence-corrected chi connectivity index (χ1v) is 26.6. The van der Waals surface area contributed by atoms with Gasteiger partial charge in [0.25, 0.3) is 0 Å². The molecule has 0 aromatic heterocycles. The predicted octanol–water partition coefficient (Wildman–Crippen LogP) is 21.5. The van der Waals surface area contributed by atoms with Crippen molar-refractivity contribution in [1.82, 2.24) is 0 Å². The smallest absolute Gasteiger partial charge is 0.000696 e. The molecule has 0 radical (unpaired) electrons. The van der Waals surface area contributed by atoms with E-state index in [2.05, 4.69) is 267 Å². The van der Waals surface area contributed by atoms with Crippen LogP contribution < -0.4 is 0 Å². The van der Waals surface area contributed by atoms with E-state index >= 15 is 0 Å². The van der Waals surface area contributed by atoms with Gasteiger partial charge in [0.05, 0.1) is 0 Å². The van der Waals surface area contributed by atoms with Crippen LogP contribution in [0.5, 0.6) is 0 Å². The Morgan fingerprint density at radius 3 is 1.05 bits per heavy atom. The lowest BCUT2D eigenvalue weighted by Gasteiger charge is -2.22. The van der Waals surface area contributed by atoms with Gasteiger partial charge in [-0.3, -0.25) is 0 Å². The molecule has 0 aliphatic rings. The van der Waals surface area contributed by atoms with Gasteiger partial charge in [-0.1, -0.05) is 261 Å². The summed E-state index contributed by atoms with van der Waals surface area (Å²) < 4.78 is 0. The van der Waals surface area contributed by atoms with Crippen LogP contribution in [0, 0.1) is 0 Å². The van der Waals surface area contributed by atoms with Crippen LogP contribution >= 0.6 is 0 Å². The number of hydrogen-bond acceptors (Lipinski definition) is 0. The minimum Gasteiger partial charge on any atom is -0.0622 e. The van der Waals surface area contributed by atoms with E-state index in [1.807, 2.05) is 0 Å². The van der Waals surface area contributed by atoms with Gasteiger partial charge in [0.15, 0.2) is 0 Å². The zero-order valence-corrected chi connectivity index (χ0v) is 41.4. The highest BCUT2D eigenvalue weighted by atomic mass is 14.3. The summed E-state index contributed by atoms with van der Waals surface area (Å²) in [6.07, 6.45) is 0. The largest absolute Gasteiger partial charge is 0.0622 e. The standard InChI is InChI=1S/C76H44/c1-5-20-45(21-6-1)49-28-13-15-30-53(49)54-40-43-64-72-65(54)44-66-58-41-38-51(47-24-9-3-10-25-47)55-32-17-34-59(67(55)58)71(66)73(72)62-37-19-36-61-69(57-31-16-14-29-50(57)46-22-7-2-8-23-46)74-63-42-39-52(48-26-11-4-12-27-48)56-33-18-35-60(68(56)63)76(74)75(64)70(61)62/h1-44H. The summed E-state index contributed by atoms with van der Waals surface area (Å²) in [7, 11) is 0. The number of hydrogen-bond donors (Lipinski definition) is 0. The molecular formula is C76H44. The Labute approximate surface area is 439 Å². The fourth-order valence-corrected chi connectivity index (χ4v) is 14.1. The summed E-state index contributed by atoms with van der Waals surface area (Å²) in [6.45, 7) is 0. The quantitative estimate of drug-likeness (QED) is 0.115. The van der Waals surface area contributed by atoms with Crippen LogP contribution in [0.3, 0.4) is 0 Å². The number of rotatable bonds is 6. The molecule has 17 rings (SSSR count). The van der Waals surface area contributed by atoms with E-state index in [4.69, 9.17) is 0 Å².